The minimum atomic E-state index is -0.844. The average molecular weight is 241 g/mol. The first-order valence-corrected chi connectivity index (χ1v) is 5.84. The third-order valence-corrected chi connectivity index (χ3v) is 2.25. The lowest BCUT2D eigenvalue weighted by Gasteiger charge is -2.12. The molecular formula is C12H19NO4. The molecule has 1 N–H and O–H groups in total. The van der Waals surface area contributed by atoms with E-state index in [1.165, 1.54) is 0 Å². The Morgan fingerprint density at radius 2 is 1.94 bits per heavy atom. The number of esters is 1. The van der Waals surface area contributed by atoms with E-state index in [4.69, 9.17) is 15.1 Å². The molecule has 0 aliphatic carbocycles. The Morgan fingerprint density at radius 3 is 2.53 bits per heavy atom. The second kappa shape index (κ2) is 9.64. The maximum absolute atomic E-state index is 11.3. The van der Waals surface area contributed by atoms with Crippen LogP contribution in [0.2, 0.25) is 0 Å². The summed E-state index contributed by atoms with van der Waals surface area (Å²) in [5.74, 6) is -1.14. The van der Waals surface area contributed by atoms with Gasteiger partial charge in [-0.15, -0.1) is 0 Å². The van der Waals surface area contributed by atoms with E-state index in [9.17, 15) is 9.59 Å². The Morgan fingerprint density at radius 1 is 1.29 bits per heavy atom. The highest BCUT2D eigenvalue weighted by Gasteiger charge is 2.09. The molecule has 0 aromatic rings. The van der Waals surface area contributed by atoms with Crippen LogP contribution in [0.15, 0.2) is 0 Å². The lowest BCUT2D eigenvalue weighted by atomic mass is 10.2. The number of hydrogen-bond donors (Lipinski definition) is 1. The molecule has 1 unspecified atom stereocenters. The van der Waals surface area contributed by atoms with Gasteiger partial charge in [-0.3, -0.25) is 9.59 Å². The number of nitrogens with zero attached hydrogens (tertiary/aromatic N) is 1. The molecule has 0 saturated heterocycles. The first-order valence-electron chi connectivity index (χ1n) is 5.84. The van der Waals surface area contributed by atoms with Crippen molar-refractivity contribution in [3.8, 4) is 6.07 Å². The fraction of sp³-hybridized carbons (Fsp3) is 0.750. The van der Waals surface area contributed by atoms with Gasteiger partial charge in [0, 0.05) is 19.3 Å². The van der Waals surface area contributed by atoms with Gasteiger partial charge >= 0.3 is 11.9 Å². The zero-order valence-corrected chi connectivity index (χ0v) is 10.1. The molecule has 5 nitrogen and oxygen atoms in total. The lowest BCUT2D eigenvalue weighted by molar-refractivity contribution is -0.149. The van der Waals surface area contributed by atoms with E-state index in [1.807, 2.05) is 6.07 Å². The molecule has 0 aromatic heterocycles. The van der Waals surface area contributed by atoms with Crippen molar-refractivity contribution in [3.63, 3.8) is 0 Å². The van der Waals surface area contributed by atoms with E-state index in [0.29, 0.717) is 25.7 Å². The summed E-state index contributed by atoms with van der Waals surface area (Å²) >= 11 is 0. The number of carboxylic acids is 1. The van der Waals surface area contributed by atoms with E-state index >= 15 is 0 Å². The molecule has 0 radical (unpaired) electrons. The number of carboxylic acid groups (broad SMARTS) is 1. The summed E-state index contributed by atoms with van der Waals surface area (Å²) in [6.07, 6.45) is 3.10. The van der Waals surface area contributed by atoms with E-state index in [0.717, 1.165) is 6.42 Å². The molecule has 0 aliphatic heterocycles. The van der Waals surface area contributed by atoms with Crippen LogP contribution in [0.3, 0.4) is 0 Å². The van der Waals surface area contributed by atoms with Gasteiger partial charge in [-0.25, -0.2) is 0 Å². The highest BCUT2D eigenvalue weighted by atomic mass is 16.5. The van der Waals surface area contributed by atoms with Gasteiger partial charge in [0.05, 0.1) is 12.2 Å². The van der Waals surface area contributed by atoms with Gasteiger partial charge < -0.3 is 9.84 Å². The predicted molar refractivity (Wildman–Crippen MR) is 61.1 cm³/mol. The number of nitriles is 1. The Bertz CT molecular complexity index is 283. The van der Waals surface area contributed by atoms with E-state index < -0.39 is 5.97 Å². The van der Waals surface area contributed by atoms with Crippen molar-refractivity contribution in [1.82, 2.24) is 0 Å². The van der Waals surface area contributed by atoms with Crippen molar-refractivity contribution in [2.45, 2.75) is 58.0 Å². The Balaban J connectivity index is 3.50. The molecule has 1 atom stereocenters. The quantitative estimate of drug-likeness (QED) is 0.494. The van der Waals surface area contributed by atoms with Crippen LogP contribution >= 0.6 is 0 Å². The smallest absolute Gasteiger partial charge is 0.306 e. The summed E-state index contributed by atoms with van der Waals surface area (Å²) < 4.78 is 5.11. The third kappa shape index (κ3) is 10.7. The zero-order chi connectivity index (χ0) is 13.1. The third-order valence-electron chi connectivity index (χ3n) is 2.25. The van der Waals surface area contributed by atoms with Gasteiger partial charge in [0.1, 0.15) is 0 Å². The summed E-state index contributed by atoms with van der Waals surface area (Å²) in [5, 5.41) is 16.7. The molecule has 0 aliphatic rings. The highest BCUT2D eigenvalue weighted by molar-refractivity contribution is 5.70. The largest absolute Gasteiger partial charge is 0.481 e. The van der Waals surface area contributed by atoms with Crippen molar-refractivity contribution < 1.29 is 19.4 Å². The minimum Gasteiger partial charge on any atom is -0.481 e. The number of unbranched alkanes of at least 4 members (excludes halogenated alkanes) is 2. The lowest BCUT2D eigenvalue weighted by Crippen LogP contribution is -2.14. The first-order chi connectivity index (χ1) is 8.06. The van der Waals surface area contributed by atoms with Gasteiger partial charge in [0.25, 0.3) is 0 Å². The predicted octanol–water partition coefficient (Wildman–Crippen LogP) is 2.26. The van der Waals surface area contributed by atoms with Gasteiger partial charge in [0.15, 0.2) is 0 Å². The van der Waals surface area contributed by atoms with E-state index in [-0.39, 0.29) is 24.9 Å². The number of aliphatic carboxylic acids is 1. The summed E-state index contributed by atoms with van der Waals surface area (Å²) in [7, 11) is 0. The topological polar surface area (TPSA) is 87.4 Å². The number of rotatable bonds is 9. The van der Waals surface area contributed by atoms with Gasteiger partial charge in [-0.1, -0.05) is 0 Å². The number of carbonyl (C=O) groups is 2. The van der Waals surface area contributed by atoms with E-state index in [1.54, 1.807) is 6.92 Å². The molecular weight excluding hydrogens is 222 g/mol. The summed E-state index contributed by atoms with van der Waals surface area (Å²) in [6.45, 7) is 1.80. The van der Waals surface area contributed by atoms with Crippen LogP contribution < -0.4 is 0 Å². The standard InChI is InChI=1S/C12H19NO4/c1-10(6-4-5-9-13)17-12(16)8-3-2-7-11(14)15/h10H,2-8H2,1H3,(H,14,15). The molecule has 0 rings (SSSR count). The molecule has 0 fully saturated rings. The molecule has 0 spiro atoms. The van der Waals surface area contributed by atoms with Crippen LogP contribution in [0.1, 0.15) is 51.9 Å². The van der Waals surface area contributed by atoms with Crippen LogP contribution in [0, 0.1) is 11.3 Å². The second-order valence-corrected chi connectivity index (χ2v) is 3.95. The number of ether oxygens (including phenoxy) is 1. The summed E-state index contributed by atoms with van der Waals surface area (Å²) in [4.78, 5) is 21.5. The zero-order valence-electron chi connectivity index (χ0n) is 10.1. The van der Waals surface area contributed by atoms with Crippen LogP contribution in [-0.2, 0) is 14.3 Å². The molecule has 96 valence electrons. The SMILES string of the molecule is CC(CCCC#N)OC(=O)CCCCC(=O)O. The molecule has 5 heteroatoms. The first kappa shape index (κ1) is 15.4. The van der Waals surface area contributed by atoms with Crippen molar-refractivity contribution in [3.05, 3.63) is 0 Å². The van der Waals surface area contributed by atoms with Crippen molar-refractivity contribution in [1.29, 1.82) is 5.26 Å². The fourth-order valence-electron chi connectivity index (χ4n) is 1.36. The maximum atomic E-state index is 11.3. The molecule has 0 bridgehead atoms. The average Bonchev–Trinajstić information content (AvgIpc) is 2.24. The van der Waals surface area contributed by atoms with Crippen molar-refractivity contribution in [2.75, 3.05) is 0 Å². The normalized spacial score (nSPS) is 11.5. The van der Waals surface area contributed by atoms with Gasteiger partial charge in [0.2, 0.25) is 0 Å². The molecule has 0 saturated carbocycles. The fourth-order valence-corrected chi connectivity index (χ4v) is 1.36. The highest BCUT2D eigenvalue weighted by Crippen LogP contribution is 2.07. The number of hydrogen-bond acceptors (Lipinski definition) is 4. The van der Waals surface area contributed by atoms with E-state index in [2.05, 4.69) is 0 Å². The second-order valence-electron chi connectivity index (χ2n) is 3.95. The molecule has 17 heavy (non-hydrogen) atoms. The Kier molecular flexibility index (Phi) is 8.75. The van der Waals surface area contributed by atoms with Crippen LogP contribution in [0.5, 0.6) is 0 Å². The molecule has 0 aromatic carbocycles. The monoisotopic (exact) mass is 241 g/mol. The van der Waals surface area contributed by atoms with Crippen molar-refractivity contribution in [2.24, 2.45) is 0 Å². The minimum absolute atomic E-state index is 0.0883. The van der Waals surface area contributed by atoms with Crippen LogP contribution in [-0.4, -0.2) is 23.1 Å². The van der Waals surface area contributed by atoms with Gasteiger partial charge in [-0.2, -0.15) is 5.26 Å². The molecule has 0 heterocycles. The summed E-state index contributed by atoms with van der Waals surface area (Å²) in [6, 6.07) is 2.03. The van der Waals surface area contributed by atoms with Crippen LogP contribution in [0.25, 0.3) is 0 Å². The van der Waals surface area contributed by atoms with Crippen molar-refractivity contribution >= 4 is 11.9 Å². The summed E-state index contributed by atoms with van der Waals surface area (Å²) in [5.41, 5.74) is 0. The molecule has 0 amide bonds. The maximum Gasteiger partial charge on any atom is 0.306 e. The van der Waals surface area contributed by atoms with Crippen LogP contribution in [0.4, 0.5) is 0 Å². The van der Waals surface area contributed by atoms with Gasteiger partial charge in [-0.05, 0) is 32.6 Å². The Labute approximate surface area is 101 Å². The number of carbonyl (C=O) groups excluding carboxylic acids is 1. The Hall–Kier alpha value is -1.57.